The first-order valence-corrected chi connectivity index (χ1v) is 37.5. The molecule has 0 aliphatic rings. The fraction of sp³-hybridized carbons (Fsp3) is 0.908. The summed E-state index contributed by atoms with van der Waals surface area (Å²) in [6.07, 6.45) is 81.4. The van der Waals surface area contributed by atoms with Gasteiger partial charge in [-0.3, -0.25) is 9.59 Å². The summed E-state index contributed by atoms with van der Waals surface area (Å²) < 4.78 is 22.8. The van der Waals surface area contributed by atoms with Crippen molar-refractivity contribution in [3.05, 3.63) is 24.3 Å². The molecule has 2 unspecified atom stereocenters. The lowest BCUT2D eigenvalue weighted by Gasteiger charge is -2.26. The van der Waals surface area contributed by atoms with Crippen molar-refractivity contribution in [3.8, 4) is 0 Å². The first-order chi connectivity index (χ1) is 41.6. The highest BCUT2D eigenvalue weighted by atomic mass is 16.7. The topological polar surface area (TPSA) is 111 Å². The number of nitrogens with zero attached hydrogens (tertiary/aromatic N) is 1. The Balaban J connectivity index is 4.00. The number of carbonyl (C=O) groups is 3. The normalized spacial score (nSPS) is 12.7. The van der Waals surface area contributed by atoms with E-state index >= 15 is 0 Å². The second kappa shape index (κ2) is 67.7. The van der Waals surface area contributed by atoms with Gasteiger partial charge in [0.1, 0.15) is 13.2 Å². The Kier molecular flexibility index (Phi) is 65.9. The van der Waals surface area contributed by atoms with E-state index in [1.165, 1.54) is 321 Å². The number of carbonyl (C=O) groups excluding carboxylic acids is 3. The molecule has 9 nitrogen and oxygen atoms in total. The van der Waals surface area contributed by atoms with Crippen LogP contribution in [-0.4, -0.2) is 82.3 Å². The lowest BCUT2D eigenvalue weighted by Crippen LogP contribution is -2.44. The van der Waals surface area contributed by atoms with Gasteiger partial charge in [-0.25, -0.2) is 0 Å². The Hall–Kier alpha value is -2.23. The molecule has 0 bridgehead atoms. The van der Waals surface area contributed by atoms with E-state index in [2.05, 4.69) is 38.2 Å². The molecule has 0 heterocycles. The van der Waals surface area contributed by atoms with Crippen LogP contribution in [0.2, 0.25) is 0 Å². The molecule has 0 amide bonds. The van der Waals surface area contributed by atoms with Crippen LogP contribution in [-0.2, 0) is 33.3 Å². The molecule has 0 aliphatic carbocycles. The summed E-state index contributed by atoms with van der Waals surface area (Å²) in [7, 11) is 5.95. The number of esters is 2. The van der Waals surface area contributed by atoms with Gasteiger partial charge >= 0.3 is 11.9 Å². The fourth-order valence-corrected chi connectivity index (χ4v) is 11.4. The van der Waals surface area contributed by atoms with E-state index in [0.29, 0.717) is 17.4 Å². The van der Waals surface area contributed by atoms with Gasteiger partial charge in [-0.15, -0.1) is 0 Å². The average molecular weight is 1200 g/mol. The number of carboxylic acid groups (broad SMARTS) is 1. The molecular weight excluding hydrogens is 1050 g/mol. The lowest BCUT2D eigenvalue weighted by atomic mass is 10.0. The third-order valence-corrected chi connectivity index (χ3v) is 17.2. The van der Waals surface area contributed by atoms with Crippen molar-refractivity contribution in [1.82, 2.24) is 0 Å². The first kappa shape index (κ1) is 82.8. The predicted octanol–water partition coefficient (Wildman–Crippen LogP) is 22.0. The smallest absolute Gasteiger partial charge is 0.306 e. The van der Waals surface area contributed by atoms with E-state index in [0.717, 1.165) is 38.5 Å². The fourth-order valence-electron chi connectivity index (χ4n) is 11.4. The molecule has 0 spiro atoms. The van der Waals surface area contributed by atoms with E-state index in [-0.39, 0.29) is 32.2 Å². The molecule has 0 aromatic carbocycles. The van der Waals surface area contributed by atoms with Gasteiger partial charge in [-0.2, -0.15) is 0 Å². The van der Waals surface area contributed by atoms with Gasteiger partial charge in [-0.05, 0) is 64.2 Å². The maximum atomic E-state index is 12.9. The van der Waals surface area contributed by atoms with Crippen molar-refractivity contribution < 1.29 is 42.9 Å². The van der Waals surface area contributed by atoms with Gasteiger partial charge in [0.15, 0.2) is 12.4 Å². The van der Waals surface area contributed by atoms with Gasteiger partial charge in [0.25, 0.3) is 0 Å². The van der Waals surface area contributed by atoms with E-state index in [4.69, 9.17) is 18.9 Å². The van der Waals surface area contributed by atoms with Crippen molar-refractivity contribution in [2.75, 3.05) is 47.5 Å². The zero-order chi connectivity index (χ0) is 61.9. The van der Waals surface area contributed by atoms with Crippen LogP contribution < -0.4 is 5.11 Å². The molecule has 0 radical (unpaired) electrons. The number of hydrogen-bond acceptors (Lipinski definition) is 8. The SMILES string of the molecule is CCCCCCCCCC/C=C\CCCCCCCCCCCCCCCCCCCCCCCCCC(=O)OC(COC(=O)CCCCCCCCCCCCCCC/C=C\CCCCCCCCCC)COC(OCC[N+](C)(C)C)C(=O)[O-]. The van der Waals surface area contributed by atoms with Gasteiger partial charge in [-0.1, -0.05) is 334 Å². The minimum absolute atomic E-state index is 0.151. The number of likely N-dealkylation sites (N-methyl/N-ethyl adjacent to an activating group) is 1. The first-order valence-electron chi connectivity index (χ1n) is 37.5. The summed E-state index contributed by atoms with van der Waals surface area (Å²) in [5.74, 6) is -2.25. The summed E-state index contributed by atoms with van der Waals surface area (Å²) in [5.41, 5.74) is 0. The third-order valence-electron chi connectivity index (χ3n) is 17.2. The van der Waals surface area contributed by atoms with Gasteiger partial charge in [0.05, 0.1) is 40.3 Å². The van der Waals surface area contributed by atoms with E-state index < -0.39 is 24.3 Å². The van der Waals surface area contributed by atoms with Crippen LogP contribution in [0.1, 0.15) is 386 Å². The van der Waals surface area contributed by atoms with Crippen molar-refractivity contribution in [2.24, 2.45) is 0 Å². The molecule has 0 aliphatic heterocycles. The number of unbranched alkanes of at least 4 members (excludes halogenated alkanes) is 52. The number of hydrogen-bond donors (Lipinski definition) is 0. The van der Waals surface area contributed by atoms with Gasteiger partial charge in [0, 0.05) is 12.8 Å². The Morgan fingerprint density at radius 2 is 0.600 bits per heavy atom. The number of aliphatic carboxylic acids is 1. The summed E-state index contributed by atoms with van der Waals surface area (Å²) >= 11 is 0. The van der Waals surface area contributed by atoms with Crippen LogP contribution in [0.5, 0.6) is 0 Å². The standard InChI is InChI=1S/C76H145NO8/c1-6-8-10-12-14-16-18-20-22-24-26-28-30-32-33-34-35-36-37-38-39-40-41-43-45-47-49-51-53-55-57-59-61-63-65-67-74(79)85-72(71-84-76(75(80)81)82-69-68-77(3,4)5)70-83-73(78)66-64-62-60-58-56-54-52-50-48-46-44-42-31-29-27-25-23-21-19-17-15-13-11-9-7-2/h24-27,72,76H,6-23,28-71H2,1-5H3/b26-24-,27-25-. The zero-order valence-electron chi connectivity index (χ0n) is 57.5. The monoisotopic (exact) mass is 1200 g/mol. The van der Waals surface area contributed by atoms with Crippen LogP contribution in [0.4, 0.5) is 0 Å². The summed E-state index contributed by atoms with van der Waals surface area (Å²) in [6.45, 7) is 4.82. The molecule has 502 valence electrons. The Bertz CT molecular complexity index is 1440. The molecule has 0 rings (SSSR count). The number of ether oxygens (including phenoxy) is 4. The molecular formula is C76H145NO8. The van der Waals surface area contributed by atoms with Crippen molar-refractivity contribution in [3.63, 3.8) is 0 Å². The maximum Gasteiger partial charge on any atom is 0.306 e. The highest BCUT2D eigenvalue weighted by Crippen LogP contribution is 2.19. The molecule has 0 aromatic heterocycles. The molecule has 0 saturated heterocycles. The van der Waals surface area contributed by atoms with E-state index in [9.17, 15) is 19.5 Å². The largest absolute Gasteiger partial charge is 0.545 e. The Labute approximate surface area is 528 Å². The molecule has 0 saturated carbocycles. The zero-order valence-corrected chi connectivity index (χ0v) is 57.5. The number of quaternary nitrogens is 1. The minimum Gasteiger partial charge on any atom is -0.545 e. The molecule has 9 heteroatoms. The second-order valence-corrected chi connectivity index (χ2v) is 26.9. The highest BCUT2D eigenvalue weighted by molar-refractivity contribution is 5.70. The summed E-state index contributed by atoms with van der Waals surface area (Å²) in [6, 6.07) is 0. The van der Waals surface area contributed by atoms with Crippen molar-refractivity contribution >= 4 is 17.9 Å². The number of allylic oxidation sites excluding steroid dienone is 4. The van der Waals surface area contributed by atoms with E-state index in [1.807, 2.05) is 21.1 Å². The van der Waals surface area contributed by atoms with Crippen LogP contribution in [0.3, 0.4) is 0 Å². The molecule has 2 atom stereocenters. The quantitative estimate of drug-likeness (QED) is 0.0195. The maximum absolute atomic E-state index is 12.9. The number of carboxylic acids is 1. The molecule has 85 heavy (non-hydrogen) atoms. The highest BCUT2D eigenvalue weighted by Gasteiger charge is 2.22. The van der Waals surface area contributed by atoms with Crippen LogP contribution in [0.15, 0.2) is 24.3 Å². The third kappa shape index (κ3) is 69.1. The summed E-state index contributed by atoms with van der Waals surface area (Å²) in [4.78, 5) is 37.5. The minimum atomic E-state index is -1.62. The van der Waals surface area contributed by atoms with Crippen molar-refractivity contribution in [1.29, 1.82) is 0 Å². The number of rotatable bonds is 71. The molecule has 0 aromatic rings. The summed E-state index contributed by atoms with van der Waals surface area (Å²) in [5, 5.41) is 11.8. The van der Waals surface area contributed by atoms with Crippen molar-refractivity contribution in [2.45, 2.75) is 399 Å². The Morgan fingerprint density at radius 3 is 0.871 bits per heavy atom. The lowest BCUT2D eigenvalue weighted by molar-refractivity contribution is -0.870. The molecule has 0 fully saturated rings. The van der Waals surface area contributed by atoms with Crippen LogP contribution >= 0.6 is 0 Å². The molecule has 0 N–H and O–H groups in total. The average Bonchev–Trinajstić information content (AvgIpc) is 3.48. The Morgan fingerprint density at radius 1 is 0.341 bits per heavy atom. The van der Waals surface area contributed by atoms with Crippen LogP contribution in [0.25, 0.3) is 0 Å². The van der Waals surface area contributed by atoms with Gasteiger partial charge in [0.2, 0.25) is 0 Å². The predicted molar refractivity (Wildman–Crippen MR) is 362 cm³/mol. The second-order valence-electron chi connectivity index (χ2n) is 26.9. The van der Waals surface area contributed by atoms with Crippen LogP contribution in [0, 0.1) is 0 Å². The van der Waals surface area contributed by atoms with E-state index in [1.54, 1.807) is 0 Å². The van der Waals surface area contributed by atoms with Gasteiger partial charge < -0.3 is 33.3 Å².